The zero-order valence-corrected chi connectivity index (χ0v) is 9.61. The minimum atomic E-state index is 0.689. The Hall–Kier alpha value is -2.02. The number of nitrogen functional groups attached to an aromatic ring is 1. The standard InChI is InChI=1S/C15H17N/c1-4-7-14-11-10-12(2)8-5-6-9-13(3)15(14)16/h4-11H,2-3,16H2,1H3/b7-4-,8-5?,9-6?,11-10?,15-14?. The third-order valence-electron chi connectivity index (χ3n) is 2.20. The van der Waals surface area contributed by atoms with Gasteiger partial charge in [0.15, 0.2) is 0 Å². The molecule has 0 heterocycles. The van der Waals surface area contributed by atoms with Crippen LogP contribution in [0.25, 0.3) is 19.2 Å². The van der Waals surface area contributed by atoms with Crippen LogP contribution < -0.4 is 16.2 Å². The first-order valence-corrected chi connectivity index (χ1v) is 5.18. The number of rotatable bonds is 1. The normalized spacial score (nSPS) is 10.1. The Morgan fingerprint density at radius 3 is 2.44 bits per heavy atom. The number of hydrogen-bond donors (Lipinski definition) is 1. The Balaban J connectivity index is 3.67. The fourth-order valence-electron chi connectivity index (χ4n) is 1.29. The molecule has 0 saturated carbocycles. The Morgan fingerprint density at radius 2 is 1.75 bits per heavy atom. The fraction of sp³-hybridized carbons (Fsp3) is 0.0667. The summed E-state index contributed by atoms with van der Waals surface area (Å²) in [5, 5.41) is 1.75. The Bertz CT molecular complexity index is 540. The maximum Gasteiger partial charge on any atom is 0.0455 e. The zero-order chi connectivity index (χ0) is 12.0. The molecule has 0 atom stereocenters. The van der Waals surface area contributed by atoms with Gasteiger partial charge < -0.3 is 5.73 Å². The molecule has 1 heteroatoms. The summed E-state index contributed by atoms with van der Waals surface area (Å²) in [6.45, 7) is 9.79. The topological polar surface area (TPSA) is 26.0 Å². The molecule has 1 rings (SSSR count). The van der Waals surface area contributed by atoms with E-state index in [4.69, 9.17) is 5.73 Å². The smallest absolute Gasteiger partial charge is 0.0455 e. The first-order chi connectivity index (χ1) is 7.65. The average molecular weight is 211 g/mol. The van der Waals surface area contributed by atoms with Crippen molar-refractivity contribution in [2.75, 3.05) is 5.73 Å². The van der Waals surface area contributed by atoms with Crippen LogP contribution in [-0.4, -0.2) is 0 Å². The van der Waals surface area contributed by atoms with Crippen molar-refractivity contribution in [3.63, 3.8) is 0 Å². The fourth-order valence-corrected chi connectivity index (χ4v) is 1.29. The highest BCUT2D eigenvalue weighted by Crippen LogP contribution is 2.04. The lowest BCUT2D eigenvalue weighted by molar-refractivity contribution is 1.58. The molecule has 1 aromatic carbocycles. The molecule has 0 aliphatic heterocycles. The molecule has 82 valence electrons. The van der Waals surface area contributed by atoms with Gasteiger partial charge in [0.25, 0.3) is 0 Å². The van der Waals surface area contributed by atoms with E-state index in [9.17, 15) is 0 Å². The minimum Gasteiger partial charge on any atom is -0.398 e. The van der Waals surface area contributed by atoms with E-state index in [-0.39, 0.29) is 0 Å². The van der Waals surface area contributed by atoms with Crippen LogP contribution in [-0.2, 0) is 0 Å². The first kappa shape index (κ1) is 12.1. The van der Waals surface area contributed by atoms with Gasteiger partial charge in [0.1, 0.15) is 0 Å². The van der Waals surface area contributed by atoms with E-state index < -0.39 is 0 Å². The third kappa shape index (κ3) is 3.28. The molecule has 0 aliphatic carbocycles. The number of anilines is 1. The van der Waals surface area contributed by atoms with Crippen LogP contribution in [0, 0.1) is 0 Å². The van der Waals surface area contributed by atoms with Crippen LogP contribution in [0.3, 0.4) is 0 Å². The molecule has 0 amide bonds. The molecular weight excluding hydrogens is 194 g/mol. The zero-order valence-electron chi connectivity index (χ0n) is 9.61. The second kappa shape index (κ2) is 5.76. The molecule has 0 saturated heterocycles. The molecular formula is C15H17N. The molecule has 0 spiro atoms. The summed E-state index contributed by atoms with van der Waals surface area (Å²) in [6, 6.07) is 11.5. The van der Waals surface area contributed by atoms with Crippen LogP contribution in [0.2, 0.25) is 0 Å². The Labute approximate surface area is 96.6 Å². The van der Waals surface area contributed by atoms with E-state index in [1.165, 1.54) is 0 Å². The summed E-state index contributed by atoms with van der Waals surface area (Å²) in [6.07, 6.45) is 3.91. The van der Waals surface area contributed by atoms with Crippen LogP contribution in [0.5, 0.6) is 0 Å². The predicted octanol–water partition coefficient (Wildman–Crippen LogP) is 2.25. The number of nitrogens with two attached hydrogens (primary N) is 1. The number of hydrogen-bond acceptors (Lipinski definition) is 1. The van der Waals surface area contributed by atoms with E-state index in [0.29, 0.717) is 5.69 Å². The summed E-state index contributed by atoms with van der Waals surface area (Å²) < 4.78 is 0. The van der Waals surface area contributed by atoms with Crippen molar-refractivity contribution in [1.82, 2.24) is 0 Å². The van der Waals surface area contributed by atoms with Crippen LogP contribution in [0.4, 0.5) is 5.69 Å². The van der Waals surface area contributed by atoms with Gasteiger partial charge in [0.2, 0.25) is 0 Å². The summed E-state index contributed by atoms with van der Waals surface area (Å²) >= 11 is 0. The molecule has 0 bridgehead atoms. The van der Waals surface area contributed by atoms with E-state index in [1.54, 1.807) is 0 Å². The Morgan fingerprint density at radius 1 is 1.06 bits per heavy atom. The summed E-state index contributed by atoms with van der Waals surface area (Å²) in [4.78, 5) is 0. The van der Waals surface area contributed by atoms with Gasteiger partial charge >= 0.3 is 0 Å². The van der Waals surface area contributed by atoms with Crippen molar-refractivity contribution in [1.29, 1.82) is 0 Å². The van der Waals surface area contributed by atoms with Crippen molar-refractivity contribution in [2.45, 2.75) is 6.92 Å². The molecule has 0 fully saturated rings. The van der Waals surface area contributed by atoms with E-state index in [0.717, 1.165) is 16.0 Å². The molecule has 1 aromatic rings. The van der Waals surface area contributed by atoms with E-state index >= 15 is 0 Å². The van der Waals surface area contributed by atoms with Crippen molar-refractivity contribution in [3.05, 3.63) is 58.5 Å². The second-order valence-electron chi connectivity index (χ2n) is 3.52. The van der Waals surface area contributed by atoms with Gasteiger partial charge in [0, 0.05) is 5.69 Å². The van der Waals surface area contributed by atoms with E-state index in [2.05, 4.69) is 13.2 Å². The monoisotopic (exact) mass is 211 g/mol. The molecule has 0 unspecified atom stereocenters. The summed E-state index contributed by atoms with van der Waals surface area (Å²) in [5.74, 6) is 0. The van der Waals surface area contributed by atoms with Gasteiger partial charge in [-0.2, -0.15) is 0 Å². The second-order valence-corrected chi connectivity index (χ2v) is 3.52. The lowest BCUT2D eigenvalue weighted by Crippen LogP contribution is -2.05. The highest BCUT2D eigenvalue weighted by molar-refractivity contribution is 5.63. The molecule has 2 N–H and O–H groups in total. The highest BCUT2D eigenvalue weighted by atomic mass is 14.6. The Kier molecular flexibility index (Phi) is 4.34. The van der Waals surface area contributed by atoms with Gasteiger partial charge in [-0.1, -0.05) is 61.7 Å². The lowest BCUT2D eigenvalue weighted by atomic mass is 10.2. The maximum atomic E-state index is 6.02. The van der Waals surface area contributed by atoms with E-state index in [1.807, 2.05) is 55.5 Å². The SMILES string of the molecule is C=c1ccccc(=C)c(N)c(/C=C\C)cc1. The van der Waals surface area contributed by atoms with Crippen molar-refractivity contribution < 1.29 is 0 Å². The van der Waals surface area contributed by atoms with Crippen molar-refractivity contribution in [3.8, 4) is 0 Å². The average Bonchev–Trinajstić information content (AvgIpc) is 2.28. The van der Waals surface area contributed by atoms with Gasteiger partial charge in [-0.05, 0) is 22.9 Å². The summed E-state index contributed by atoms with van der Waals surface area (Å²) in [7, 11) is 0. The van der Waals surface area contributed by atoms with Crippen molar-refractivity contribution >= 4 is 24.9 Å². The summed E-state index contributed by atoms with van der Waals surface area (Å²) in [5.41, 5.74) is 7.66. The van der Waals surface area contributed by atoms with Crippen LogP contribution in [0.1, 0.15) is 12.5 Å². The van der Waals surface area contributed by atoms with Crippen LogP contribution >= 0.6 is 0 Å². The van der Waals surface area contributed by atoms with Crippen molar-refractivity contribution in [2.24, 2.45) is 0 Å². The molecule has 1 nitrogen and oxygen atoms in total. The van der Waals surface area contributed by atoms with Gasteiger partial charge in [-0.15, -0.1) is 0 Å². The maximum absolute atomic E-state index is 6.02. The lowest BCUT2D eigenvalue weighted by Gasteiger charge is -1.96. The minimum absolute atomic E-state index is 0.689. The number of allylic oxidation sites excluding steroid dienone is 1. The van der Waals surface area contributed by atoms with Gasteiger partial charge in [-0.25, -0.2) is 0 Å². The first-order valence-electron chi connectivity index (χ1n) is 5.18. The third-order valence-corrected chi connectivity index (χ3v) is 2.20. The van der Waals surface area contributed by atoms with Crippen LogP contribution in [0.15, 0.2) is 42.5 Å². The molecule has 0 aromatic heterocycles. The molecule has 0 radical (unpaired) electrons. The quantitative estimate of drug-likeness (QED) is 0.757. The van der Waals surface area contributed by atoms with Gasteiger partial charge in [0.05, 0.1) is 0 Å². The molecule has 0 aliphatic rings. The largest absolute Gasteiger partial charge is 0.398 e. The predicted molar refractivity (Wildman–Crippen MR) is 73.5 cm³/mol. The van der Waals surface area contributed by atoms with Gasteiger partial charge in [-0.3, -0.25) is 0 Å². The highest BCUT2D eigenvalue weighted by Gasteiger charge is 1.89. The molecule has 16 heavy (non-hydrogen) atoms.